The third kappa shape index (κ3) is 4.04. The van der Waals surface area contributed by atoms with Gasteiger partial charge in [0.25, 0.3) is 0 Å². The molecule has 1 aliphatic rings. The van der Waals surface area contributed by atoms with Gasteiger partial charge in [0, 0.05) is 24.4 Å². The van der Waals surface area contributed by atoms with E-state index in [1.54, 1.807) is 23.3 Å². The molecule has 0 atom stereocenters. The third-order valence-corrected chi connectivity index (χ3v) is 5.07. The molecular weight excluding hydrogens is 338 g/mol. The summed E-state index contributed by atoms with van der Waals surface area (Å²) in [4.78, 5) is 18.4. The van der Waals surface area contributed by atoms with Gasteiger partial charge in [-0.2, -0.15) is 0 Å². The average molecular weight is 361 g/mol. The number of hydrogen-bond donors (Lipinski definition) is 1. The number of nitrogens with one attached hydrogen (secondary N) is 1. The minimum Gasteiger partial charge on any atom is -0.454 e. The Hall–Kier alpha value is -2.28. The number of aromatic nitrogens is 1. The van der Waals surface area contributed by atoms with E-state index >= 15 is 0 Å². The van der Waals surface area contributed by atoms with E-state index in [9.17, 15) is 4.79 Å². The zero-order chi connectivity index (χ0) is 18.0. The molecule has 0 saturated heterocycles. The molecule has 0 saturated carbocycles. The van der Waals surface area contributed by atoms with Crippen LogP contribution < -0.4 is 14.8 Å². The summed E-state index contributed by atoms with van der Waals surface area (Å²) in [7, 11) is 1.78. The lowest BCUT2D eigenvalue weighted by molar-refractivity contribution is 0.174. The van der Waals surface area contributed by atoms with Crippen molar-refractivity contribution in [1.29, 1.82) is 0 Å². The standard InChI is InChI=1S/C18H23N3O3S/c1-12-20-14(9-25-12)8-21(4)17(22)19-10-18(2,3)13-5-6-15-16(7-13)24-11-23-15/h5-7,9H,8,10-11H2,1-4H3,(H,19,22). The van der Waals surface area contributed by atoms with Crippen molar-refractivity contribution in [3.63, 3.8) is 0 Å². The lowest BCUT2D eigenvalue weighted by atomic mass is 9.84. The van der Waals surface area contributed by atoms with E-state index in [-0.39, 0.29) is 18.2 Å². The monoisotopic (exact) mass is 361 g/mol. The van der Waals surface area contributed by atoms with E-state index in [1.807, 2.05) is 30.5 Å². The van der Waals surface area contributed by atoms with Gasteiger partial charge >= 0.3 is 6.03 Å². The molecule has 0 radical (unpaired) electrons. The van der Waals surface area contributed by atoms with E-state index in [0.717, 1.165) is 27.8 Å². The van der Waals surface area contributed by atoms with E-state index in [4.69, 9.17) is 9.47 Å². The van der Waals surface area contributed by atoms with Crippen molar-refractivity contribution in [3.8, 4) is 11.5 Å². The van der Waals surface area contributed by atoms with Crippen LogP contribution in [0.15, 0.2) is 23.6 Å². The third-order valence-electron chi connectivity index (χ3n) is 4.25. The smallest absolute Gasteiger partial charge is 0.317 e. The topological polar surface area (TPSA) is 63.7 Å². The van der Waals surface area contributed by atoms with Crippen LogP contribution in [-0.2, 0) is 12.0 Å². The van der Waals surface area contributed by atoms with Crippen LogP contribution in [0.3, 0.4) is 0 Å². The zero-order valence-corrected chi connectivity index (χ0v) is 15.8. The number of urea groups is 1. The summed E-state index contributed by atoms with van der Waals surface area (Å²) in [5.41, 5.74) is 1.78. The zero-order valence-electron chi connectivity index (χ0n) is 15.0. The van der Waals surface area contributed by atoms with Gasteiger partial charge in [0.05, 0.1) is 17.2 Å². The first-order valence-electron chi connectivity index (χ1n) is 8.15. The molecule has 1 aliphatic heterocycles. The molecule has 1 N–H and O–H groups in total. The van der Waals surface area contributed by atoms with Crippen molar-refractivity contribution in [3.05, 3.63) is 39.8 Å². The Morgan fingerprint density at radius 1 is 1.36 bits per heavy atom. The number of hydrogen-bond acceptors (Lipinski definition) is 5. The van der Waals surface area contributed by atoms with Crippen LogP contribution in [0.1, 0.15) is 30.1 Å². The molecule has 0 aliphatic carbocycles. The Labute approximate surface area is 151 Å². The van der Waals surface area contributed by atoms with Crippen molar-refractivity contribution in [2.75, 3.05) is 20.4 Å². The van der Waals surface area contributed by atoms with Crippen LogP contribution in [0.2, 0.25) is 0 Å². The van der Waals surface area contributed by atoms with Crippen LogP contribution in [0, 0.1) is 6.92 Å². The summed E-state index contributed by atoms with van der Waals surface area (Å²) in [5.74, 6) is 1.52. The number of fused-ring (bicyclic) bond motifs is 1. The van der Waals surface area contributed by atoms with Crippen molar-refractivity contribution in [2.45, 2.75) is 32.7 Å². The Bertz CT molecular complexity index is 773. The van der Waals surface area contributed by atoms with Gasteiger partial charge in [0.15, 0.2) is 11.5 Å². The highest BCUT2D eigenvalue weighted by molar-refractivity contribution is 7.09. The Morgan fingerprint density at radius 2 is 2.12 bits per heavy atom. The number of rotatable bonds is 5. The lowest BCUT2D eigenvalue weighted by Gasteiger charge is -2.27. The number of aryl methyl sites for hydroxylation is 1. The number of amides is 2. The number of carbonyl (C=O) groups excluding carboxylic acids is 1. The molecule has 25 heavy (non-hydrogen) atoms. The summed E-state index contributed by atoms with van der Waals surface area (Å²) >= 11 is 1.59. The summed E-state index contributed by atoms with van der Waals surface area (Å²) < 4.78 is 10.8. The van der Waals surface area contributed by atoms with Gasteiger partial charge in [0.2, 0.25) is 6.79 Å². The maximum absolute atomic E-state index is 12.4. The molecule has 2 amide bonds. The van der Waals surface area contributed by atoms with Gasteiger partial charge < -0.3 is 19.7 Å². The van der Waals surface area contributed by atoms with Crippen LogP contribution in [0.4, 0.5) is 4.79 Å². The van der Waals surface area contributed by atoms with Crippen molar-refractivity contribution >= 4 is 17.4 Å². The quantitative estimate of drug-likeness (QED) is 0.887. The second-order valence-electron chi connectivity index (χ2n) is 6.82. The van der Waals surface area contributed by atoms with Gasteiger partial charge in [-0.1, -0.05) is 19.9 Å². The number of nitrogens with zero attached hydrogens (tertiary/aromatic N) is 2. The number of benzene rings is 1. The summed E-state index contributed by atoms with van der Waals surface area (Å²) in [6, 6.07) is 5.80. The molecule has 2 heterocycles. The van der Waals surface area contributed by atoms with E-state index in [2.05, 4.69) is 24.1 Å². The fourth-order valence-corrected chi connectivity index (χ4v) is 3.25. The van der Waals surface area contributed by atoms with Crippen LogP contribution in [0.25, 0.3) is 0 Å². The van der Waals surface area contributed by atoms with Gasteiger partial charge in [0.1, 0.15) is 0 Å². The maximum atomic E-state index is 12.4. The molecule has 0 spiro atoms. The molecule has 2 aromatic rings. The Balaban J connectivity index is 1.58. The SMILES string of the molecule is Cc1nc(CN(C)C(=O)NCC(C)(C)c2ccc3c(c2)OCO3)cs1. The van der Waals surface area contributed by atoms with E-state index in [0.29, 0.717) is 13.1 Å². The fraction of sp³-hybridized carbons (Fsp3) is 0.444. The molecule has 3 rings (SSSR count). The molecule has 0 unspecified atom stereocenters. The van der Waals surface area contributed by atoms with Crippen LogP contribution in [-0.4, -0.2) is 36.3 Å². The first-order valence-corrected chi connectivity index (χ1v) is 9.03. The molecule has 7 heteroatoms. The predicted molar refractivity (Wildman–Crippen MR) is 97.3 cm³/mol. The Morgan fingerprint density at radius 3 is 2.84 bits per heavy atom. The van der Waals surface area contributed by atoms with Gasteiger partial charge in [-0.05, 0) is 24.6 Å². The van der Waals surface area contributed by atoms with Gasteiger partial charge in [-0.25, -0.2) is 9.78 Å². The molecule has 134 valence electrons. The summed E-state index contributed by atoms with van der Waals surface area (Å²) in [6.45, 7) is 7.43. The normalized spacial score (nSPS) is 13.0. The molecule has 1 aromatic heterocycles. The first kappa shape index (κ1) is 17.5. The highest BCUT2D eigenvalue weighted by Crippen LogP contribution is 2.36. The number of thiazole rings is 1. The second kappa shape index (κ2) is 6.92. The molecule has 6 nitrogen and oxygen atoms in total. The highest BCUT2D eigenvalue weighted by Gasteiger charge is 2.25. The molecule has 0 fully saturated rings. The predicted octanol–water partition coefficient (Wildman–Crippen LogP) is 3.30. The fourth-order valence-electron chi connectivity index (χ4n) is 2.65. The summed E-state index contributed by atoms with van der Waals surface area (Å²) in [5, 5.41) is 6.00. The lowest BCUT2D eigenvalue weighted by Crippen LogP contribution is -2.42. The van der Waals surface area contributed by atoms with Crippen molar-refractivity contribution in [1.82, 2.24) is 15.2 Å². The maximum Gasteiger partial charge on any atom is 0.317 e. The minimum atomic E-state index is -0.227. The van der Waals surface area contributed by atoms with Crippen LogP contribution in [0.5, 0.6) is 11.5 Å². The van der Waals surface area contributed by atoms with Gasteiger partial charge in [-0.3, -0.25) is 0 Å². The Kier molecular flexibility index (Phi) is 4.85. The van der Waals surface area contributed by atoms with Gasteiger partial charge in [-0.15, -0.1) is 11.3 Å². The van der Waals surface area contributed by atoms with E-state index < -0.39 is 0 Å². The van der Waals surface area contributed by atoms with Crippen molar-refractivity contribution < 1.29 is 14.3 Å². The highest BCUT2D eigenvalue weighted by atomic mass is 32.1. The summed E-state index contributed by atoms with van der Waals surface area (Å²) in [6.07, 6.45) is 0. The molecule has 0 bridgehead atoms. The van der Waals surface area contributed by atoms with E-state index in [1.165, 1.54) is 0 Å². The second-order valence-corrected chi connectivity index (χ2v) is 7.89. The van der Waals surface area contributed by atoms with Crippen molar-refractivity contribution in [2.24, 2.45) is 0 Å². The minimum absolute atomic E-state index is 0.112. The molecule has 1 aromatic carbocycles. The molecular formula is C18H23N3O3S. The number of ether oxygens (including phenoxy) is 2. The largest absolute Gasteiger partial charge is 0.454 e. The van der Waals surface area contributed by atoms with Crippen LogP contribution >= 0.6 is 11.3 Å². The number of carbonyl (C=O) groups is 1. The average Bonchev–Trinajstić information content (AvgIpc) is 3.20. The first-order chi connectivity index (χ1) is 11.8.